The molecule has 4 amide bonds. The van der Waals surface area contributed by atoms with Crippen LogP contribution in [0.2, 0.25) is 0 Å². The number of amides is 4. The van der Waals surface area contributed by atoms with E-state index in [0.29, 0.717) is 11.4 Å². The van der Waals surface area contributed by atoms with Gasteiger partial charge >= 0.3 is 6.03 Å². The largest absolute Gasteiger partial charge is 0.497 e. The van der Waals surface area contributed by atoms with Crippen molar-refractivity contribution >= 4 is 23.5 Å². The monoisotopic (exact) mass is 355 g/mol. The maximum atomic E-state index is 12.5. The van der Waals surface area contributed by atoms with Crippen LogP contribution in [-0.2, 0) is 9.59 Å². The molecule has 7 heteroatoms. The Morgan fingerprint density at radius 1 is 1.12 bits per heavy atom. The van der Waals surface area contributed by atoms with E-state index in [1.165, 1.54) is 4.90 Å². The molecule has 3 aliphatic rings. The third-order valence-corrected chi connectivity index (χ3v) is 5.53. The van der Waals surface area contributed by atoms with Crippen LogP contribution in [0.1, 0.15) is 6.42 Å². The molecule has 0 spiro atoms. The Morgan fingerprint density at radius 2 is 1.73 bits per heavy atom. The van der Waals surface area contributed by atoms with Crippen molar-refractivity contribution in [1.29, 1.82) is 0 Å². The first-order chi connectivity index (χ1) is 12.6. The van der Waals surface area contributed by atoms with Gasteiger partial charge in [-0.2, -0.15) is 0 Å². The summed E-state index contributed by atoms with van der Waals surface area (Å²) in [6.07, 6.45) is 5.06. The Balaban J connectivity index is 1.27. The van der Waals surface area contributed by atoms with Crippen molar-refractivity contribution in [3.05, 3.63) is 36.4 Å². The van der Waals surface area contributed by atoms with E-state index in [-0.39, 0.29) is 54.6 Å². The summed E-state index contributed by atoms with van der Waals surface area (Å²) in [5.74, 6) is 0.561. The van der Waals surface area contributed by atoms with Gasteiger partial charge in [-0.25, -0.2) is 4.79 Å². The SMILES string of the molecule is COc1ccc(NC(=O)NCCN2C(=O)[C@@H]3[C@H](C2=O)[C@H]2C=C[C@H]3C2)cc1. The zero-order valence-corrected chi connectivity index (χ0v) is 14.5. The molecule has 4 rings (SSSR count). The van der Waals surface area contributed by atoms with Crippen LogP contribution >= 0.6 is 0 Å². The molecule has 0 unspecified atom stereocenters. The number of likely N-dealkylation sites (tertiary alicyclic amines) is 1. The highest BCUT2D eigenvalue weighted by molar-refractivity contribution is 6.06. The summed E-state index contributed by atoms with van der Waals surface area (Å²) in [6, 6.07) is 6.58. The minimum atomic E-state index is -0.379. The molecule has 2 bridgehead atoms. The van der Waals surface area contributed by atoms with Crippen molar-refractivity contribution < 1.29 is 19.1 Å². The lowest BCUT2D eigenvalue weighted by Crippen LogP contribution is -2.40. The van der Waals surface area contributed by atoms with Gasteiger partial charge in [0.15, 0.2) is 0 Å². The van der Waals surface area contributed by atoms with Crippen molar-refractivity contribution in [2.75, 3.05) is 25.5 Å². The van der Waals surface area contributed by atoms with E-state index < -0.39 is 0 Å². The quantitative estimate of drug-likeness (QED) is 0.621. The molecular weight excluding hydrogens is 334 g/mol. The van der Waals surface area contributed by atoms with Gasteiger partial charge in [-0.3, -0.25) is 14.5 Å². The van der Waals surface area contributed by atoms with E-state index in [1.807, 2.05) is 0 Å². The summed E-state index contributed by atoms with van der Waals surface area (Å²) < 4.78 is 5.06. The second-order valence-corrected chi connectivity index (χ2v) is 6.94. The van der Waals surface area contributed by atoms with Crippen molar-refractivity contribution in [3.8, 4) is 5.75 Å². The number of carbonyl (C=O) groups excluding carboxylic acids is 3. The zero-order chi connectivity index (χ0) is 18.3. The molecular formula is C19H21N3O4. The fourth-order valence-electron chi connectivity index (χ4n) is 4.32. The zero-order valence-electron chi connectivity index (χ0n) is 14.5. The lowest BCUT2D eigenvalue weighted by atomic mass is 9.85. The number of fused-ring (bicyclic) bond motifs is 5. The molecule has 1 aliphatic heterocycles. The van der Waals surface area contributed by atoms with E-state index >= 15 is 0 Å². The molecule has 4 atom stereocenters. The molecule has 1 saturated heterocycles. The molecule has 1 aromatic carbocycles. The van der Waals surface area contributed by atoms with Crippen LogP contribution in [0, 0.1) is 23.7 Å². The van der Waals surface area contributed by atoms with Gasteiger partial charge in [0, 0.05) is 18.8 Å². The molecule has 2 aliphatic carbocycles. The smallest absolute Gasteiger partial charge is 0.319 e. The van der Waals surface area contributed by atoms with Crippen LogP contribution in [0.5, 0.6) is 5.75 Å². The van der Waals surface area contributed by atoms with E-state index in [9.17, 15) is 14.4 Å². The van der Waals surface area contributed by atoms with Crippen LogP contribution < -0.4 is 15.4 Å². The molecule has 2 fully saturated rings. The topological polar surface area (TPSA) is 87.7 Å². The third kappa shape index (κ3) is 2.73. The number of methoxy groups -OCH3 is 1. The molecule has 1 heterocycles. The summed E-state index contributed by atoms with van der Waals surface area (Å²) >= 11 is 0. The maximum Gasteiger partial charge on any atom is 0.319 e. The molecule has 0 aromatic heterocycles. The minimum Gasteiger partial charge on any atom is -0.497 e. The van der Waals surface area contributed by atoms with Gasteiger partial charge in [-0.1, -0.05) is 12.2 Å². The molecule has 136 valence electrons. The minimum absolute atomic E-state index is 0.0887. The predicted molar refractivity (Wildman–Crippen MR) is 94.5 cm³/mol. The van der Waals surface area contributed by atoms with E-state index in [4.69, 9.17) is 4.74 Å². The number of hydrogen-bond acceptors (Lipinski definition) is 4. The van der Waals surface area contributed by atoms with Gasteiger partial charge in [0.25, 0.3) is 0 Å². The summed E-state index contributed by atoms with van der Waals surface area (Å²) in [5, 5.41) is 5.39. The molecule has 2 N–H and O–H groups in total. The summed E-state index contributed by atoms with van der Waals surface area (Å²) in [5.41, 5.74) is 0.633. The number of urea groups is 1. The first kappa shape index (κ1) is 16.6. The van der Waals surface area contributed by atoms with Crippen molar-refractivity contribution in [2.45, 2.75) is 6.42 Å². The van der Waals surface area contributed by atoms with Crippen LogP contribution in [0.3, 0.4) is 0 Å². The Labute approximate surface area is 151 Å². The van der Waals surface area contributed by atoms with Crippen LogP contribution in [0.4, 0.5) is 10.5 Å². The summed E-state index contributed by atoms with van der Waals surface area (Å²) in [7, 11) is 1.58. The average Bonchev–Trinajstić information content (AvgIpc) is 3.32. The standard InChI is InChI=1S/C19H21N3O4/c1-26-14-6-4-13(5-7-14)21-19(25)20-8-9-22-17(23)15-11-2-3-12(10-11)16(15)18(22)24/h2-7,11-12,15-16H,8-10H2,1H3,(H2,20,21,25)/t11-,12-,15-,16+/m0/s1. The number of ether oxygens (including phenoxy) is 1. The summed E-state index contributed by atoms with van der Waals surface area (Å²) in [6.45, 7) is 0.432. The Bertz CT molecular complexity index is 743. The highest BCUT2D eigenvalue weighted by Gasteiger charge is 2.58. The second kappa shape index (κ2) is 6.48. The molecule has 7 nitrogen and oxygen atoms in total. The maximum absolute atomic E-state index is 12.5. The Kier molecular flexibility index (Phi) is 4.14. The van der Waals surface area contributed by atoms with Gasteiger partial charge in [0.2, 0.25) is 11.8 Å². The number of allylic oxidation sites excluding steroid dienone is 2. The lowest BCUT2D eigenvalue weighted by molar-refractivity contribution is -0.140. The number of anilines is 1. The molecule has 1 aromatic rings. The van der Waals surface area contributed by atoms with Crippen LogP contribution in [0.25, 0.3) is 0 Å². The first-order valence-corrected chi connectivity index (χ1v) is 8.81. The Hall–Kier alpha value is -2.83. The first-order valence-electron chi connectivity index (χ1n) is 8.81. The van der Waals surface area contributed by atoms with Crippen LogP contribution in [-0.4, -0.2) is 42.9 Å². The van der Waals surface area contributed by atoms with Gasteiger partial charge < -0.3 is 15.4 Å². The summed E-state index contributed by atoms with van der Waals surface area (Å²) in [4.78, 5) is 38.4. The second-order valence-electron chi connectivity index (χ2n) is 6.94. The number of hydrogen-bond donors (Lipinski definition) is 2. The number of nitrogens with zero attached hydrogens (tertiary/aromatic N) is 1. The normalized spacial score (nSPS) is 28.4. The van der Waals surface area contributed by atoms with Crippen molar-refractivity contribution in [2.24, 2.45) is 23.7 Å². The Morgan fingerprint density at radius 3 is 2.31 bits per heavy atom. The number of rotatable bonds is 5. The number of benzene rings is 1. The fraction of sp³-hybridized carbons (Fsp3) is 0.421. The van der Waals surface area contributed by atoms with Crippen LogP contribution in [0.15, 0.2) is 36.4 Å². The molecule has 1 saturated carbocycles. The lowest BCUT2D eigenvalue weighted by Gasteiger charge is -2.17. The van der Waals surface area contributed by atoms with E-state index in [2.05, 4.69) is 22.8 Å². The number of nitrogens with one attached hydrogen (secondary N) is 2. The fourth-order valence-corrected chi connectivity index (χ4v) is 4.32. The molecule has 26 heavy (non-hydrogen) atoms. The predicted octanol–water partition coefficient (Wildman–Crippen LogP) is 1.62. The highest BCUT2D eigenvalue weighted by Crippen LogP contribution is 2.52. The van der Waals surface area contributed by atoms with Gasteiger partial charge in [-0.15, -0.1) is 0 Å². The third-order valence-electron chi connectivity index (χ3n) is 5.53. The van der Waals surface area contributed by atoms with E-state index in [0.717, 1.165) is 6.42 Å². The number of imide groups is 1. The number of carbonyl (C=O) groups is 3. The van der Waals surface area contributed by atoms with Crippen molar-refractivity contribution in [1.82, 2.24) is 10.2 Å². The highest BCUT2D eigenvalue weighted by atomic mass is 16.5. The van der Waals surface area contributed by atoms with Gasteiger partial charge in [0.05, 0.1) is 18.9 Å². The van der Waals surface area contributed by atoms with Gasteiger partial charge in [0.1, 0.15) is 5.75 Å². The average molecular weight is 355 g/mol. The van der Waals surface area contributed by atoms with Gasteiger partial charge in [-0.05, 0) is 42.5 Å². The molecule has 0 radical (unpaired) electrons. The van der Waals surface area contributed by atoms with E-state index in [1.54, 1.807) is 31.4 Å². The van der Waals surface area contributed by atoms with Crippen molar-refractivity contribution in [3.63, 3.8) is 0 Å².